The second kappa shape index (κ2) is 7.42. The zero-order valence-electron chi connectivity index (χ0n) is 15.8. The number of amides is 1. The van der Waals surface area contributed by atoms with Crippen LogP contribution in [0.1, 0.15) is 41.2 Å². The third kappa shape index (κ3) is 3.47. The van der Waals surface area contributed by atoms with E-state index in [0.717, 1.165) is 24.1 Å². The summed E-state index contributed by atoms with van der Waals surface area (Å²) in [6, 6.07) is 11.4. The summed E-state index contributed by atoms with van der Waals surface area (Å²) in [6.45, 7) is 0.264. The van der Waals surface area contributed by atoms with Crippen LogP contribution < -0.4 is 0 Å². The molecule has 4 rings (SSSR count). The summed E-state index contributed by atoms with van der Waals surface area (Å²) >= 11 is 0. The van der Waals surface area contributed by atoms with E-state index < -0.39 is 0 Å². The third-order valence-electron chi connectivity index (χ3n) is 4.97. The summed E-state index contributed by atoms with van der Waals surface area (Å²) in [5.74, 6) is -0.187. The Kier molecular flexibility index (Phi) is 4.81. The molecule has 1 amide bonds. The predicted octanol–water partition coefficient (Wildman–Crippen LogP) is 3.40. The molecule has 3 aromatic rings. The standard InChI is InChI=1S/C21H21N3O4/c1-24(11-10-17(25)27-2)21(26)15-12-16(13-8-9-13)22-20-18(15)19(23-28-20)14-6-4-3-5-7-14/h3-7,12-13H,8-11H2,1-2H3. The number of hydrogen-bond donors (Lipinski definition) is 0. The predicted molar refractivity (Wildman–Crippen MR) is 103 cm³/mol. The number of methoxy groups -OCH3 is 1. The lowest BCUT2D eigenvalue weighted by Crippen LogP contribution is -2.29. The molecular formula is C21H21N3O4. The summed E-state index contributed by atoms with van der Waals surface area (Å²) in [7, 11) is 3.01. The van der Waals surface area contributed by atoms with Crippen LogP contribution in [0.15, 0.2) is 40.9 Å². The normalized spacial score (nSPS) is 13.5. The van der Waals surface area contributed by atoms with E-state index in [4.69, 9.17) is 4.52 Å². The van der Waals surface area contributed by atoms with Gasteiger partial charge in [-0.3, -0.25) is 9.59 Å². The molecule has 1 saturated carbocycles. The van der Waals surface area contributed by atoms with Crippen LogP contribution >= 0.6 is 0 Å². The van der Waals surface area contributed by atoms with Crippen molar-refractivity contribution >= 4 is 23.0 Å². The minimum absolute atomic E-state index is 0.137. The van der Waals surface area contributed by atoms with Gasteiger partial charge in [0.2, 0.25) is 0 Å². The van der Waals surface area contributed by atoms with Crippen molar-refractivity contribution < 1.29 is 18.8 Å². The topological polar surface area (TPSA) is 85.5 Å². The highest BCUT2D eigenvalue weighted by Crippen LogP contribution is 2.41. The molecule has 1 aliphatic carbocycles. The number of benzene rings is 1. The molecule has 0 aliphatic heterocycles. The average Bonchev–Trinajstić information content (AvgIpc) is 3.50. The molecule has 0 unspecified atom stereocenters. The Hall–Kier alpha value is -3.22. The smallest absolute Gasteiger partial charge is 0.307 e. The van der Waals surface area contributed by atoms with Crippen molar-refractivity contribution in [1.82, 2.24) is 15.0 Å². The molecule has 1 aliphatic rings. The molecule has 0 N–H and O–H groups in total. The first kappa shape index (κ1) is 18.2. The molecule has 0 atom stereocenters. The largest absolute Gasteiger partial charge is 0.469 e. The minimum Gasteiger partial charge on any atom is -0.469 e. The molecule has 0 bridgehead atoms. The number of carbonyl (C=O) groups is 2. The number of hydrogen-bond acceptors (Lipinski definition) is 6. The summed E-state index contributed by atoms with van der Waals surface area (Å²) < 4.78 is 10.2. The van der Waals surface area contributed by atoms with Gasteiger partial charge in [0.05, 0.1) is 24.5 Å². The minimum atomic E-state index is -0.354. The first-order valence-corrected chi connectivity index (χ1v) is 9.26. The zero-order valence-corrected chi connectivity index (χ0v) is 15.8. The maximum atomic E-state index is 13.2. The molecule has 28 heavy (non-hydrogen) atoms. The van der Waals surface area contributed by atoms with Gasteiger partial charge in [-0.2, -0.15) is 0 Å². The second-order valence-corrected chi connectivity index (χ2v) is 7.00. The fraction of sp³-hybridized carbons (Fsp3) is 0.333. The molecular weight excluding hydrogens is 358 g/mol. The van der Waals surface area contributed by atoms with E-state index in [1.807, 2.05) is 36.4 Å². The number of rotatable bonds is 6. The molecule has 0 spiro atoms. The van der Waals surface area contributed by atoms with Crippen molar-refractivity contribution in [2.45, 2.75) is 25.2 Å². The Balaban J connectivity index is 1.77. The van der Waals surface area contributed by atoms with Crippen LogP contribution in [0.3, 0.4) is 0 Å². The first-order valence-electron chi connectivity index (χ1n) is 9.26. The highest BCUT2D eigenvalue weighted by molar-refractivity contribution is 6.09. The summed E-state index contributed by atoms with van der Waals surface area (Å²) in [4.78, 5) is 30.8. The van der Waals surface area contributed by atoms with Crippen molar-refractivity contribution in [2.75, 3.05) is 20.7 Å². The Morgan fingerprint density at radius 3 is 2.68 bits per heavy atom. The van der Waals surface area contributed by atoms with Crippen LogP contribution in [0.25, 0.3) is 22.4 Å². The summed E-state index contributed by atoms with van der Waals surface area (Å²) in [5, 5.41) is 4.80. The number of pyridine rings is 1. The van der Waals surface area contributed by atoms with Gasteiger partial charge in [0.25, 0.3) is 11.6 Å². The van der Waals surface area contributed by atoms with Gasteiger partial charge in [-0.05, 0) is 18.9 Å². The van der Waals surface area contributed by atoms with Gasteiger partial charge in [0, 0.05) is 30.8 Å². The number of ether oxygens (including phenoxy) is 1. The molecule has 144 valence electrons. The lowest BCUT2D eigenvalue weighted by atomic mass is 10.0. The van der Waals surface area contributed by atoms with Gasteiger partial charge in [-0.1, -0.05) is 35.5 Å². The van der Waals surface area contributed by atoms with Crippen molar-refractivity contribution in [3.05, 3.63) is 47.7 Å². The molecule has 1 fully saturated rings. The number of carbonyl (C=O) groups excluding carboxylic acids is 2. The Morgan fingerprint density at radius 2 is 2.00 bits per heavy atom. The van der Waals surface area contributed by atoms with Crippen LogP contribution in [-0.4, -0.2) is 47.6 Å². The Bertz CT molecular complexity index is 1020. The van der Waals surface area contributed by atoms with Gasteiger partial charge >= 0.3 is 5.97 Å². The van der Waals surface area contributed by atoms with E-state index in [1.165, 1.54) is 12.0 Å². The zero-order chi connectivity index (χ0) is 19.7. The fourth-order valence-corrected chi connectivity index (χ4v) is 3.19. The Morgan fingerprint density at radius 1 is 1.25 bits per heavy atom. The second-order valence-electron chi connectivity index (χ2n) is 7.00. The number of nitrogens with zero attached hydrogens (tertiary/aromatic N) is 3. The van der Waals surface area contributed by atoms with Crippen LogP contribution in [-0.2, 0) is 9.53 Å². The monoisotopic (exact) mass is 379 g/mol. The van der Waals surface area contributed by atoms with E-state index in [9.17, 15) is 9.59 Å². The van der Waals surface area contributed by atoms with Crippen molar-refractivity contribution in [1.29, 1.82) is 0 Å². The van der Waals surface area contributed by atoms with Crippen LogP contribution in [0, 0.1) is 0 Å². The highest BCUT2D eigenvalue weighted by Gasteiger charge is 2.30. The van der Waals surface area contributed by atoms with E-state index in [1.54, 1.807) is 7.05 Å². The van der Waals surface area contributed by atoms with Crippen LogP contribution in [0.2, 0.25) is 0 Å². The van der Waals surface area contributed by atoms with Crippen LogP contribution in [0.5, 0.6) is 0 Å². The molecule has 7 nitrogen and oxygen atoms in total. The number of fused-ring (bicyclic) bond motifs is 1. The van der Waals surface area contributed by atoms with Crippen molar-refractivity contribution in [2.24, 2.45) is 0 Å². The Labute approximate surface area is 162 Å². The highest BCUT2D eigenvalue weighted by atomic mass is 16.5. The van der Waals surface area contributed by atoms with E-state index >= 15 is 0 Å². The van der Waals surface area contributed by atoms with E-state index in [-0.39, 0.29) is 24.8 Å². The maximum absolute atomic E-state index is 13.2. The van der Waals surface area contributed by atoms with Gasteiger partial charge in [-0.15, -0.1) is 0 Å². The molecule has 2 heterocycles. The van der Waals surface area contributed by atoms with Gasteiger partial charge in [-0.25, -0.2) is 4.98 Å². The number of aromatic nitrogens is 2. The lowest BCUT2D eigenvalue weighted by Gasteiger charge is -2.17. The maximum Gasteiger partial charge on any atom is 0.307 e. The molecule has 0 radical (unpaired) electrons. The molecule has 1 aromatic carbocycles. The molecule has 7 heteroatoms. The summed E-state index contributed by atoms with van der Waals surface area (Å²) in [5.41, 5.74) is 3.17. The van der Waals surface area contributed by atoms with E-state index in [0.29, 0.717) is 28.3 Å². The number of esters is 1. The van der Waals surface area contributed by atoms with Gasteiger partial charge in [0.15, 0.2) is 0 Å². The third-order valence-corrected chi connectivity index (χ3v) is 4.97. The van der Waals surface area contributed by atoms with Crippen LogP contribution in [0.4, 0.5) is 0 Å². The summed E-state index contributed by atoms with van der Waals surface area (Å²) in [6.07, 6.45) is 2.26. The quantitative estimate of drug-likeness (QED) is 0.610. The van der Waals surface area contributed by atoms with E-state index in [2.05, 4.69) is 14.9 Å². The lowest BCUT2D eigenvalue weighted by molar-refractivity contribution is -0.140. The first-order chi connectivity index (χ1) is 13.6. The fourth-order valence-electron chi connectivity index (χ4n) is 3.19. The van der Waals surface area contributed by atoms with Gasteiger partial charge < -0.3 is 14.2 Å². The molecule has 0 saturated heterocycles. The van der Waals surface area contributed by atoms with Crippen molar-refractivity contribution in [3.8, 4) is 11.3 Å². The van der Waals surface area contributed by atoms with Gasteiger partial charge in [0.1, 0.15) is 5.69 Å². The van der Waals surface area contributed by atoms with Crippen molar-refractivity contribution in [3.63, 3.8) is 0 Å². The molecule has 2 aromatic heterocycles. The average molecular weight is 379 g/mol. The SMILES string of the molecule is COC(=O)CCN(C)C(=O)c1cc(C2CC2)nc2onc(-c3ccccc3)c12.